The minimum atomic E-state index is 0.826. The molecule has 2 aromatic heterocycles. The van der Waals surface area contributed by atoms with Crippen LogP contribution in [0.15, 0.2) is 18.2 Å². The molecule has 0 unspecified atom stereocenters. The number of aromatic nitrogens is 3. The van der Waals surface area contributed by atoms with Gasteiger partial charge in [-0.2, -0.15) is 0 Å². The van der Waals surface area contributed by atoms with E-state index < -0.39 is 0 Å². The van der Waals surface area contributed by atoms with Gasteiger partial charge in [0.2, 0.25) is 5.13 Å². The molecule has 3 rings (SSSR count). The zero-order valence-corrected chi connectivity index (χ0v) is 12.8. The van der Waals surface area contributed by atoms with Crippen LogP contribution in [0.5, 0.6) is 0 Å². The summed E-state index contributed by atoms with van der Waals surface area (Å²) in [6.45, 7) is 6.23. The lowest BCUT2D eigenvalue weighted by molar-refractivity contribution is 1.09. The zero-order valence-electron chi connectivity index (χ0n) is 12.0. The molecule has 3 aromatic rings. The molecular weight excluding hydrogens is 268 g/mol. The maximum Gasteiger partial charge on any atom is 0.205 e. The molecule has 0 aliphatic carbocycles. The molecule has 0 spiro atoms. The first-order chi connectivity index (χ1) is 9.58. The van der Waals surface area contributed by atoms with Gasteiger partial charge in [0, 0.05) is 23.7 Å². The molecule has 5 heteroatoms. The van der Waals surface area contributed by atoms with Gasteiger partial charge in [0.1, 0.15) is 5.01 Å². The van der Waals surface area contributed by atoms with Crippen molar-refractivity contribution in [1.29, 1.82) is 0 Å². The van der Waals surface area contributed by atoms with Gasteiger partial charge in [-0.3, -0.25) is 4.98 Å². The smallest absolute Gasteiger partial charge is 0.205 e. The average molecular weight is 284 g/mol. The van der Waals surface area contributed by atoms with E-state index in [1.807, 2.05) is 14.0 Å². The zero-order chi connectivity index (χ0) is 14.3. The van der Waals surface area contributed by atoms with Crippen LogP contribution in [0.3, 0.4) is 0 Å². The number of hydrogen-bond acceptors (Lipinski definition) is 5. The third kappa shape index (κ3) is 2.14. The van der Waals surface area contributed by atoms with E-state index in [0.29, 0.717) is 0 Å². The number of fused-ring (bicyclic) bond motifs is 1. The number of rotatable bonds is 2. The quantitative estimate of drug-likeness (QED) is 0.779. The number of nitrogens with zero attached hydrogens (tertiary/aromatic N) is 3. The highest BCUT2D eigenvalue weighted by atomic mass is 32.1. The molecule has 0 aliphatic heterocycles. The molecular formula is C15H16N4S. The number of aryl methyl sites for hydroxylation is 3. The molecule has 0 amide bonds. The highest BCUT2D eigenvalue weighted by molar-refractivity contribution is 7.18. The lowest BCUT2D eigenvalue weighted by Gasteiger charge is -2.09. The average Bonchev–Trinajstić information content (AvgIpc) is 2.85. The SMILES string of the molecule is CNc1nnc(-c2cc(C)nc3cc(C)cc(C)c23)s1. The Morgan fingerprint density at radius 1 is 1.05 bits per heavy atom. The highest BCUT2D eigenvalue weighted by Gasteiger charge is 2.13. The van der Waals surface area contributed by atoms with Gasteiger partial charge in [-0.05, 0) is 44.0 Å². The van der Waals surface area contributed by atoms with Crippen molar-refractivity contribution in [1.82, 2.24) is 15.2 Å². The summed E-state index contributed by atoms with van der Waals surface area (Å²) in [5, 5.41) is 14.4. The molecule has 0 fully saturated rings. The van der Waals surface area contributed by atoms with Gasteiger partial charge in [-0.15, -0.1) is 10.2 Å². The van der Waals surface area contributed by atoms with Crippen LogP contribution >= 0.6 is 11.3 Å². The first kappa shape index (κ1) is 13.0. The lowest BCUT2D eigenvalue weighted by atomic mass is 10.0. The molecule has 0 atom stereocenters. The fourth-order valence-corrected chi connectivity index (χ4v) is 3.21. The topological polar surface area (TPSA) is 50.7 Å². The van der Waals surface area contributed by atoms with Gasteiger partial charge < -0.3 is 5.32 Å². The van der Waals surface area contributed by atoms with Crippen molar-refractivity contribution in [2.45, 2.75) is 20.8 Å². The Labute approximate surface area is 121 Å². The summed E-state index contributed by atoms with van der Waals surface area (Å²) in [5.41, 5.74) is 5.59. The van der Waals surface area contributed by atoms with Gasteiger partial charge >= 0.3 is 0 Å². The van der Waals surface area contributed by atoms with E-state index in [2.05, 4.69) is 52.5 Å². The fraction of sp³-hybridized carbons (Fsp3) is 0.267. The Balaban J connectivity index is 2.34. The highest BCUT2D eigenvalue weighted by Crippen LogP contribution is 2.34. The Bertz CT molecular complexity index is 787. The molecule has 1 aromatic carbocycles. The van der Waals surface area contributed by atoms with Gasteiger partial charge in [0.05, 0.1) is 5.52 Å². The molecule has 1 N–H and O–H groups in total. The van der Waals surface area contributed by atoms with E-state index in [1.165, 1.54) is 16.5 Å². The Morgan fingerprint density at radius 3 is 2.55 bits per heavy atom. The second kappa shape index (κ2) is 4.83. The van der Waals surface area contributed by atoms with E-state index in [0.717, 1.165) is 26.9 Å². The van der Waals surface area contributed by atoms with Gasteiger partial charge in [-0.1, -0.05) is 17.4 Å². The standard InChI is InChI=1S/C15H16N4S/c1-8-5-9(2)13-11(7-10(3)17-12(13)6-8)14-18-19-15(16-4)20-14/h5-7H,1-4H3,(H,16,19). The maximum absolute atomic E-state index is 4.65. The van der Waals surface area contributed by atoms with Crippen LogP contribution in [0.2, 0.25) is 0 Å². The van der Waals surface area contributed by atoms with Gasteiger partial charge in [-0.25, -0.2) is 0 Å². The molecule has 0 saturated carbocycles. The van der Waals surface area contributed by atoms with Crippen LogP contribution in [-0.2, 0) is 0 Å². The number of benzene rings is 1. The van der Waals surface area contributed by atoms with Crippen molar-refractivity contribution in [3.05, 3.63) is 35.0 Å². The van der Waals surface area contributed by atoms with Gasteiger partial charge in [0.15, 0.2) is 0 Å². The van der Waals surface area contributed by atoms with Crippen LogP contribution in [0.25, 0.3) is 21.5 Å². The lowest BCUT2D eigenvalue weighted by Crippen LogP contribution is -1.92. The van der Waals surface area contributed by atoms with Crippen molar-refractivity contribution in [2.75, 3.05) is 12.4 Å². The summed E-state index contributed by atoms with van der Waals surface area (Å²) in [4.78, 5) is 4.65. The predicted molar refractivity (Wildman–Crippen MR) is 84.4 cm³/mol. The summed E-state index contributed by atoms with van der Waals surface area (Å²) in [7, 11) is 1.86. The first-order valence-corrected chi connectivity index (χ1v) is 7.30. The van der Waals surface area contributed by atoms with Crippen molar-refractivity contribution in [2.24, 2.45) is 0 Å². The molecule has 0 saturated heterocycles. The molecule has 0 radical (unpaired) electrons. The molecule has 20 heavy (non-hydrogen) atoms. The molecule has 0 aliphatic rings. The van der Waals surface area contributed by atoms with Crippen LogP contribution < -0.4 is 5.32 Å². The van der Waals surface area contributed by atoms with Crippen molar-refractivity contribution in [3.63, 3.8) is 0 Å². The summed E-state index contributed by atoms with van der Waals surface area (Å²) in [6.07, 6.45) is 0. The maximum atomic E-state index is 4.65. The second-order valence-corrected chi connectivity index (χ2v) is 5.93. The second-order valence-electron chi connectivity index (χ2n) is 4.95. The van der Waals surface area contributed by atoms with Crippen LogP contribution in [0, 0.1) is 20.8 Å². The molecule has 4 nitrogen and oxygen atoms in total. The number of hydrogen-bond donors (Lipinski definition) is 1. The third-order valence-corrected chi connectivity index (χ3v) is 4.22. The Hall–Kier alpha value is -2.01. The predicted octanol–water partition coefficient (Wildman–Crippen LogP) is 3.72. The Kier molecular flexibility index (Phi) is 3.14. The summed E-state index contributed by atoms with van der Waals surface area (Å²) < 4.78 is 0. The minimum Gasteiger partial charge on any atom is -0.363 e. The fourth-order valence-electron chi connectivity index (χ4n) is 2.49. The Morgan fingerprint density at radius 2 is 1.85 bits per heavy atom. The van der Waals surface area contributed by atoms with E-state index >= 15 is 0 Å². The molecule has 102 valence electrons. The minimum absolute atomic E-state index is 0.826. The number of pyridine rings is 1. The first-order valence-electron chi connectivity index (χ1n) is 6.48. The van der Waals surface area contributed by atoms with Crippen LogP contribution in [0.1, 0.15) is 16.8 Å². The van der Waals surface area contributed by atoms with Crippen molar-refractivity contribution < 1.29 is 0 Å². The summed E-state index contributed by atoms with van der Waals surface area (Å²) >= 11 is 1.56. The van der Waals surface area contributed by atoms with E-state index in [1.54, 1.807) is 11.3 Å². The van der Waals surface area contributed by atoms with Crippen molar-refractivity contribution in [3.8, 4) is 10.6 Å². The summed E-state index contributed by atoms with van der Waals surface area (Å²) in [5.74, 6) is 0. The molecule has 0 bridgehead atoms. The van der Waals surface area contributed by atoms with E-state index in [9.17, 15) is 0 Å². The third-order valence-electron chi connectivity index (χ3n) is 3.25. The number of nitrogens with one attached hydrogen (secondary N) is 1. The largest absolute Gasteiger partial charge is 0.363 e. The number of anilines is 1. The van der Waals surface area contributed by atoms with Crippen LogP contribution in [0.4, 0.5) is 5.13 Å². The van der Waals surface area contributed by atoms with Crippen molar-refractivity contribution >= 4 is 27.4 Å². The monoisotopic (exact) mass is 284 g/mol. The molecule has 2 heterocycles. The summed E-state index contributed by atoms with van der Waals surface area (Å²) in [6, 6.07) is 6.40. The van der Waals surface area contributed by atoms with Gasteiger partial charge in [0.25, 0.3) is 0 Å². The van der Waals surface area contributed by atoms with E-state index in [4.69, 9.17) is 0 Å². The van der Waals surface area contributed by atoms with Crippen LogP contribution in [-0.4, -0.2) is 22.2 Å². The van der Waals surface area contributed by atoms with E-state index in [-0.39, 0.29) is 0 Å². The normalized spacial score (nSPS) is 11.0.